The highest BCUT2D eigenvalue weighted by atomic mass is 19.1. The van der Waals surface area contributed by atoms with Crippen molar-refractivity contribution in [3.63, 3.8) is 0 Å². The first-order valence-electron chi connectivity index (χ1n) is 7.24. The minimum Gasteiger partial charge on any atom is -0.395 e. The van der Waals surface area contributed by atoms with Gasteiger partial charge in [0.05, 0.1) is 6.61 Å². The zero-order valence-electron chi connectivity index (χ0n) is 13.1. The molecule has 1 amide bonds. The van der Waals surface area contributed by atoms with Gasteiger partial charge in [-0.15, -0.1) is 0 Å². The van der Waals surface area contributed by atoms with E-state index < -0.39 is 5.91 Å². The Bertz CT molecular complexity index is 753. The van der Waals surface area contributed by atoms with Crippen molar-refractivity contribution in [3.8, 4) is 0 Å². The molecular formula is C17H19FN2O3. The van der Waals surface area contributed by atoms with E-state index in [0.717, 1.165) is 11.3 Å². The number of aryl methyl sites for hydroxylation is 2. The predicted molar refractivity (Wildman–Crippen MR) is 84.6 cm³/mol. The van der Waals surface area contributed by atoms with E-state index >= 15 is 0 Å². The molecule has 0 fully saturated rings. The van der Waals surface area contributed by atoms with Crippen molar-refractivity contribution in [2.45, 2.75) is 13.5 Å². The molecule has 122 valence electrons. The van der Waals surface area contributed by atoms with Gasteiger partial charge in [-0.1, -0.05) is 12.1 Å². The van der Waals surface area contributed by atoms with E-state index in [0.29, 0.717) is 0 Å². The number of aliphatic hydroxyl groups is 1. The van der Waals surface area contributed by atoms with Gasteiger partial charge in [-0.05, 0) is 24.6 Å². The van der Waals surface area contributed by atoms with E-state index in [1.54, 1.807) is 30.7 Å². The number of pyridine rings is 1. The van der Waals surface area contributed by atoms with Crippen molar-refractivity contribution in [1.29, 1.82) is 0 Å². The van der Waals surface area contributed by atoms with Gasteiger partial charge in [0.25, 0.3) is 5.91 Å². The van der Waals surface area contributed by atoms with Gasteiger partial charge in [0, 0.05) is 38.1 Å². The molecule has 2 aromatic rings. The van der Waals surface area contributed by atoms with Crippen LogP contribution in [0.2, 0.25) is 0 Å². The van der Waals surface area contributed by atoms with Crippen molar-refractivity contribution in [1.82, 2.24) is 9.47 Å². The van der Waals surface area contributed by atoms with E-state index in [1.165, 1.54) is 29.3 Å². The highest BCUT2D eigenvalue weighted by molar-refractivity contribution is 5.93. The first-order chi connectivity index (χ1) is 10.9. The normalized spacial score (nSPS) is 10.6. The van der Waals surface area contributed by atoms with Crippen molar-refractivity contribution in [2.75, 3.05) is 13.2 Å². The Morgan fingerprint density at radius 1 is 1.30 bits per heavy atom. The van der Waals surface area contributed by atoms with Gasteiger partial charge >= 0.3 is 0 Å². The molecule has 0 saturated carbocycles. The van der Waals surface area contributed by atoms with Crippen molar-refractivity contribution in [2.24, 2.45) is 7.05 Å². The zero-order chi connectivity index (χ0) is 17.0. The average molecular weight is 318 g/mol. The smallest absolute Gasteiger partial charge is 0.259 e. The summed E-state index contributed by atoms with van der Waals surface area (Å²) in [6.07, 6.45) is 1.50. The van der Waals surface area contributed by atoms with Crippen LogP contribution in [0.5, 0.6) is 0 Å². The quantitative estimate of drug-likeness (QED) is 0.908. The number of amides is 1. The molecule has 1 heterocycles. The van der Waals surface area contributed by atoms with Gasteiger partial charge in [-0.25, -0.2) is 4.39 Å². The maximum Gasteiger partial charge on any atom is 0.259 e. The van der Waals surface area contributed by atoms with Crippen molar-refractivity contribution < 1.29 is 14.3 Å². The highest BCUT2D eigenvalue weighted by Gasteiger charge is 2.19. The third kappa shape index (κ3) is 4.04. The van der Waals surface area contributed by atoms with Gasteiger partial charge in [0.1, 0.15) is 11.4 Å². The van der Waals surface area contributed by atoms with Crippen LogP contribution in [0.4, 0.5) is 4.39 Å². The van der Waals surface area contributed by atoms with Crippen LogP contribution in [0.25, 0.3) is 0 Å². The van der Waals surface area contributed by atoms with Crippen molar-refractivity contribution >= 4 is 5.91 Å². The second kappa shape index (κ2) is 7.19. The number of nitrogens with zero attached hydrogens (tertiary/aromatic N) is 2. The molecule has 0 unspecified atom stereocenters. The number of aliphatic hydroxyl groups excluding tert-OH is 1. The Kier molecular flexibility index (Phi) is 5.28. The Morgan fingerprint density at radius 3 is 2.57 bits per heavy atom. The molecule has 1 aromatic heterocycles. The van der Waals surface area contributed by atoms with Gasteiger partial charge in [-0.2, -0.15) is 0 Å². The zero-order valence-corrected chi connectivity index (χ0v) is 13.1. The highest BCUT2D eigenvalue weighted by Crippen LogP contribution is 2.10. The molecule has 0 aliphatic carbocycles. The Hall–Kier alpha value is -2.47. The van der Waals surface area contributed by atoms with Crippen molar-refractivity contribution in [3.05, 3.63) is 69.4 Å². The summed E-state index contributed by atoms with van der Waals surface area (Å²) in [5, 5.41) is 9.19. The number of carbonyl (C=O) groups is 1. The Balaban J connectivity index is 2.30. The molecule has 6 heteroatoms. The summed E-state index contributed by atoms with van der Waals surface area (Å²) in [6.45, 7) is 1.84. The minimum absolute atomic E-state index is 0.0497. The van der Waals surface area contributed by atoms with E-state index in [2.05, 4.69) is 0 Å². The van der Waals surface area contributed by atoms with Gasteiger partial charge in [0.2, 0.25) is 0 Å². The van der Waals surface area contributed by atoms with E-state index in [-0.39, 0.29) is 36.5 Å². The van der Waals surface area contributed by atoms with Crippen LogP contribution in [-0.4, -0.2) is 33.6 Å². The minimum atomic E-state index is -0.455. The monoisotopic (exact) mass is 318 g/mol. The molecule has 0 bridgehead atoms. The van der Waals surface area contributed by atoms with Crippen LogP contribution in [0.3, 0.4) is 0 Å². The number of rotatable bonds is 5. The molecule has 1 N–H and O–H groups in total. The maximum absolute atomic E-state index is 13.0. The second-order valence-electron chi connectivity index (χ2n) is 5.38. The topological polar surface area (TPSA) is 62.5 Å². The Morgan fingerprint density at radius 2 is 1.96 bits per heavy atom. The largest absolute Gasteiger partial charge is 0.395 e. The summed E-state index contributed by atoms with van der Waals surface area (Å²) in [5.74, 6) is -0.815. The first kappa shape index (κ1) is 16.9. The van der Waals surface area contributed by atoms with Crippen LogP contribution in [-0.2, 0) is 13.6 Å². The number of halogens is 1. The Labute approximate surface area is 133 Å². The molecule has 0 aliphatic rings. The van der Waals surface area contributed by atoms with Gasteiger partial charge in [-0.3, -0.25) is 9.59 Å². The molecule has 1 aromatic carbocycles. The number of hydrogen-bond donors (Lipinski definition) is 1. The lowest BCUT2D eigenvalue weighted by Crippen LogP contribution is -2.36. The van der Waals surface area contributed by atoms with Crippen LogP contribution < -0.4 is 5.43 Å². The standard InChI is InChI=1S/C17H19FN2O3/c1-12-9-16(22)15(11-19(12)2)17(23)20(7-8-21)10-13-3-5-14(18)6-4-13/h3-6,9,11,21H,7-8,10H2,1-2H3. The lowest BCUT2D eigenvalue weighted by atomic mass is 10.1. The third-order valence-electron chi connectivity index (χ3n) is 3.66. The average Bonchev–Trinajstić information content (AvgIpc) is 2.52. The van der Waals surface area contributed by atoms with Crippen LogP contribution in [0.1, 0.15) is 21.6 Å². The molecule has 2 rings (SSSR count). The van der Waals surface area contributed by atoms with Crippen LogP contribution in [0, 0.1) is 12.7 Å². The van der Waals surface area contributed by atoms with Crippen LogP contribution in [0.15, 0.2) is 41.3 Å². The molecule has 0 saturated heterocycles. The summed E-state index contributed by atoms with van der Waals surface area (Å²) >= 11 is 0. The first-order valence-corrected chi connectivity index (χ1v) is 7.24. The fourth-order valence-electron chi connectivity index (χ4n) is 2.24. The van der Waals surface area contributed by atoms with Crippen LogP contribution >= 0.6 is 0 Å². The molecule has 0 spiro atoms. The fraction of sp³-hybridized carbons (Fsp3) is 0.294. The molecule has 0 atom stereocenters. The maximum atomic E-state index is 13.0. The van der Waals surface area contributed by atoms with E-state index in [9.17, 15) is 19.1 Å². The van der Waals surface area contributed by atoms with E-state index in [1.807, 2.05) is 0 Å². The molecule has 23 heavy (non-hydrogen) atoms. The molecule has 5 nitrogen and oxygen atoms in total. The predicted octanol–water partition coefficient (Wildman–Crippen LogP) is 1.47. The number of benzene rings is 1. The number of hydrogen-bond acceptors (Lipinski definition) is 3. The molecule has 0 radical (unpaired) electrons. The molecular weight excluding hydrogens is 299 g/mol. The SMILES string of the molecule is Cc1cc(=O)c(C(=O)N(CCO)Cc2ccc(F)cc2)cn1C. The van der Waals surface area contributed by atoms with E-state index in [4.69, 9.17) is 0 Å². The fourth-order valence-corrected chi connectivity index (χ4v) is 2.24. The number of carbonyl (C=O) groups excluding carboxylic acids is 1. The van der Waals surface area contributed by atoms with Gasteiger partial charge < -0.3 is 14.6 Å². The summed E-state index contributed by atoms with van der Waals surface area (Å²) in [6, 6.07) is 7.16. The van der Waals surface area contributed by atoms with Gasteiger partial charge in [0.15, 0.2) is 5.43 Å². The molecule has 0 aliphatic heterocycles. The third-order valence-corrected chi connectivity index (χ3v) is 3.66. The summed E-state index contributed by atoms with van der Waals surface area (Å²) in [4.78, 5) is 26.1. The number of aromatic nitrogens is 1. The summed E-state index contributed by atoms with van der Waals surface area (Å²) in [7, 11) is 1.75. The second-order valence-corrected chi connectivity index (χ2v) is 5.38. The lowest BCUT2D eigenvalue weighted by molar-refractivity contribution is 0.0705. The lowest BCUT2D eigenvalue weighted by Gasteiger charge is -2.22. The summed E-state index contributed by atoms with van der Waals surface area (Å²) < 4.78 is 14.7. The summed E-state index contributed by atoms with van der Waals surface area (Å²) in [5.41, 5.74) is 1.16.